The first kappa shape index (κ1) is 15.4. The molecule has 0 radical (unpaired) electrons. The summed E-state index contributed by atoms with van der Waals surface area (Å²) in [7, 11) is 0. The van der Waals surface area contributed by atoms with E-state index in [0.717, 1.165) is 28.0 Å². The van der Waals surface area contributed by atoms with Crippen molar-refractivity contribution in [2.24, 2.45) is 0 Å². The van der Waals surface area contributed by atoms with Gasteiger partial charge in [0.2, 0.25) is 0 Å². The molecule has 0 bridgehead atoms. The van der Waals surface area contributed by atoms with Crippen LogP contribution in [0.25, 0.3) is 0 Å². The van der Waals surface area contributed by atoms with Gasteiger partial charge < -0.3 is 4.74 Å². The van der Waals surface area contributed by atoms with Crippen LogP contribution in [0.3, 0.4) is 0 Å². The fourth-order valence-electron chi connectivity index (χ4n) is 1.94. The van der Waals surface area contributed by atoms with Crippen molar-refractivity contribution in [2.45, 2.75) is 32.1 Å². The Morgan fingerprint density at radius 1 is 1.15 bits per heavy atom. The first-order chi connectivity index (χ1) is 9.63. The summed E-state index contributed by atoms with van der Waals surface area (Å²) < 4.78 is 6.81. The minimum absolute atomic E-state index is 0.502. The number of alkyl halides is 1. The van der Waals surface area contributed by atoms with Gasteiger partial charge >= 0.3 is 0 Å². The molecule has 1 atom stereocenters. The molecule has 20 heavy (non-hydrogen) atoms. The van der Waals surface area contributed by atoms with Gasteiger partial charge in [-0.15, -0.1) is 11.6 Å². The molecule has 106 valence electrons. The summed E-state index contributed by atoms with van der Waals surface area (Å²) in [4.78, 5) is 0. The van der Waals surface area contributed by atoms with E-state index >= 15 is 0 Å². The standard InChI is InChI=1S/C17H18BrClO/c1-3-12(2)14-5-7-15(8-6-14)20-17-9-4-13(11-19)10-16(17)18/h4-10,12H,3,11H2,1-2H3. The van der Waals surface area contributed by atoms with E-state index in [2.05, 4.69) is 41.9 Å². The van der Waals surface area contributed by atoms with E-state index in [4.69, 9.17) is 16.3 Å². The molecule has 0 aromatic heterocycles. The van der Waals surface area contributed by atoms with Crippen molar-refractivity contribution in [3.63, 3.8) is 0 Å². The van der Waals surface area contributed by atoms with E-state index in [1.165, 1.54) is 5.56 Å². The molecule has 1 unspecified atom stereocenters. The predicted molar refractivity (Wildman–Crippen MR) is 88.9 cm³/mol. The van der Waals surface area contributed by atoms with Crippen molar-refractivity contribution in [3.05, 3.63) is 58.1 Å². The third kappa shape index (κ3) is 3.77. The quantitative estimate of drug-likeness (QED) is 0.558. The average Bonchev–Trinajstić information content (AvgIpc) is 2.49. The lowest BCUT2D eigenvalue weighted by Crippen LogP contribution is -1.92. The first-order valence-electron chi connectivity index (χ1n) is 6.76. The molecule has 0 aliphatic carbocycles. The van der Waals surface area contributed by atoms with Gasteiger partial charge in [0.05, 0.1) is 4.47 Å². The van der Waals surface area contributed by atoms with Gasteiger partial charge in [-0.25, -0.2) is 0 Å². The SMILES string of the molecule is CCC(C)c1ccc(Oc2ccc(CCl)cc2Br)cc1. The second kappa shape index (κ2) is 7.14. The molecule has 3 heteroatoms. The Labute approximate surface area is 134 Å². The zero-order valence-corrected chi connectivity index (χ0v) is 14.0. The van der Waals surface area contributed by atoms with E-state index in [1.807, 2.05) is 30.3 Å². The summed E-state index contributed by atoms with van der Waals surface area (Å²) in [5.74, 6) is 2.73. The van der Waals surface area contributed by atoms with Gasteiger partial charge in [0.25, 0.3) is 0 Å². The molecule has 0 fully saturated rings. The van der Waals surface area contributed by atoms with Crippen molar-refractivity contribution >= 4 is 27.5 Å². The maximum absolute atomic E-state index is 5.89. The number of ether oxygens (including phenoxy) is 1. The van der Waals surface area contributed by atoms with Crippen molar-refractivity contribution in [2.75, 3.05) is 0 Å². The fraction of sp³-hybridized carbons (Fsp3) is 0.294. The molecule has 2 aromatic rings. The molecule has 0 N–H and O–H groups in total. The van der Waals surface area contributed by atoms with Crippen LogP contribution in [0.2, 0.25) is 0 Å². The van der Waals surface area contributed by atoms with Gasteiger partial charge in [-0.05, 0) is 63.7 Å². The van der Waals surface area contributed by atoms with Crippen LogP contribution < -0.4 is 4.74 Å². The lowest BCUT2D eigenvalue weighted by Gasteiger charge is -2.11. The summed E-state index contributed by atoms with van der Waals surface area (Å²) in [6.45, 7) is 4.43. The van der Waals surface area contributed by atoms with Crippen molar-refractivity contribution in [3.8, 4) is 11.5 Å². The zero-order chi connectivity index (χ0) is 14.5. The second-order valence-corrected chi connectivity index (χ2v) is 6.00. The summed E-state index contributed by atoms with van der Waals surface area (Å²) in [5.41, 5.74) is 2.41. The monoisotopic (exact) mass is 352 g/mol. The van der Waals surface area contributed by atoms with Crippen LogP contribution in [0.5, 0.6) is 11.5 Å². The Kier molecular flexibility index (Phi) is 5.50. The fourth-order valence-corrected chi connectivity index (χ4v) is 2.61. The third-order valence-electron chi connectivity index (χ3n) is 3.44. The molecule has 0 aliphatic heterocycles. The van der Waals surface area contributed by atoms with Gasteiger partial charge in [-0.2, -0.15) is 0 Å². The zero-order valence-electron chi connectivity index (χ0n) is 11.7. The van der Waals surface area contributed by atoms with E-state index in [-0.39, 0.29) is 0 Å². The smallest absolute Gasteiger partial charge is 0.141 e. The van der Waals surface area contributed by atoms with Crippen molar-refractivity contribution in [1.29, 1.82) is 0 Å². The highest BCUT2D eigenvalue weighted by Gasteiger charge is 2.06. The predicted octanol–water partition coefficient (Wildman–Crippen LogP) is 6.49. The molecule has 1 nitrogen and oxygen atoms in total. The number of halogens is 2. The minimum Gasteiger partial charge on any atom is -0.456 e. The first-order valence-corrected chi connectivity index (χ1v) is 8.09. The summed E-state index contributed by atoms with van der Waals surface area (Å²) in [6, 6.07) is 14.2. The molecule has 2 aromatic carbocycles. The van der Waals surface area contributed by atoms with Crippen LogP contribution in [-0.4, -0.2) is 0 Å². The third-order valence-corrected chi connectivity index (χ3v) is 4.37. The number of benzene rings is 2. The normalized spacial score (nSPS) is 12.2. The second-order valence-electron chi connectivity index (χ2n) is 4.88. The molecule has 0 spiro atoms. The summed E-state index contributed by atoms with van der Waals surface area (Å²) in [5, 5.41) is 0. The van der Waals surface area contributed by atoms with Crippen LogP contribution in [0.1, 0.15) is 37.3 Å². The van der Waals surface area contributed by atoms with Crippen LogP contribution in [0, 0.1) is 0 Å². The topological polar surface area (TPSA) is 9.23 Å². The minimum atomic E-state index is 0.502. The average molecular weight is 354 g/mol. The maximum atomic E-state index is 5.89. The van der Waals surface area contributed by atoms with Gasteiger partial charge in [0.1, 0.15) is 11.5 Å². The highest BCUT2D eigenvalue weighted by atomic mass is 79.9. The Morgan fingerprint density at radius 2 is 1.85 bits per heavy atom. The van der Waals surface area contributed by atoms with Gasteiger partial charge in [-0.1, -0.05) is 32.0 Å². The van der Waals surface area contributed by atoms with Gasteiger partial charge in [-0.3, -0.25) is 0 Å². The Hall–Kier alpha value is -0.990. The van der Waals surface area contributed by atoms with Crippen LogP contribution in [-0.2, 0) is 5.88 Å². The largest absolute Gasteiger partial charge is 0.456 e. The van der Waals surface area contributed by atoms with Crippen molar-refractivity contribution in [1.82, 2.24) is 0 Å². The van der Waals surface area contributed by atoms with Crippen LogP contribution >= 0.6 is 27.5 Å². The highest BCUT2D eigenvalue weighted by Crippen LogP contribution is 2.31. The number of hydrogen-bond donors (Lipinski definition) is 0. The summed E-state index contributed by atoms with van der Waals surface area (Å²) in [6.07, 6.45) is 1.14. The maximum Gasteiger partial charge on any atom is 0.141 e. The Bertz CT molecular complexity index is 566. The number of hydrogen-bond acceptors (Lipinski definition) is 1. The molecule has 0 amide bonds. The van der Waals surface area contributed by atoms with E-state index in [1.54, 1.807) is 0 Å². The summed E-state index contributed by atoms with van der Waals surface area (Å²) >= 11 is 9.32. The van der Waals surface area contributed by atoms with Gasteiger partial charge in [0, 0.05) is 5.88 Å². The van der Waals surface area contributed by atoms with E-state index in [9.17, 15) is 0 Å². The molecule has 2 rings (SSSR count). The van der Waals surface area contributed by atoms with Gasteiger partial charge in [0.15, 0.2) is 0 Å². The van der Waals surface area contributed by atoms with Crippen molar-refractivity contribution < 1.29 is 4.74 Å². The lowest BCUT2D eigenvalue weighted by atomic mass is 9.99. The molecular weight excluding hydrogens is 336 g/mol. The van der Waals surface area contributed by atoms with E-state index in [0.29, 0.717) is 11.8 Å². The molecule has 0 aliphatic rings. The molecule has 0 heterocycles. The van der Waals surface area contributed by atoms with Crippen LogP contribution in [0.4, 0.5) is 0 Å². The molecule has 0 saturated heterocycles. The van der Waals surface area contributed by atoms with E-state index < -0.39 is 0 Å². The van der Waals surface area contributed by atoms with Crippen LogP contribution in [0.15, 0.2) is 46.9 Å². The molecule has 0 saturated carbocycles. The molecular formula is C17H18BrClO. The lowest BCUT2D eigenvalue weighted by molar-refractivity contribution is 0.479. The Balaban J connectivity index is 2.14. The Morgan fingerprint density at radius 3 is 2.40 bits per heavy atom. The highest BCUT2D eigenvalue weighted by molar-refractivity contribution is 9.10. The number of rotatable bonds is 5.